The van der Waals surface area contributed by atoms with Gasteiger partial charge in [-0.15, -0.1) is 0 Å². The molecule has 0 atom stereocenters. The second kappa shape index (κ2) is 23.0. The summed E-state index contributed by atoms with van der Waals surface area (Å²) in [5.41, 5.74) is 28.4. The number of pyridine rings is 4. The Hall–Kier alpha value is -11.6. The number of hydrogen-bond acceptors (Lipinski definition) is 4. The van der Waals surface area contributed by atoms with E-state index in [-0.39, 0.29) is 0 Å². The zero-order valence-electron chi connectivity index (χ0n) is 49.5. The second-order valence-corrected chi connectivity index (χ2v) is 22.5. The van der Waals surface area contributed by atoms with Gasteiger partial charge in [-0.25, -0.2) is 0 Å². The number of benzene rings is 8. The van der Waals surface area contributed by atoms with Crippen LogP contribution in [0, 0.1) is 0 Å². The maximum Gasteiger partial charge on any atom is 0.0708 e. The first-order valence-electron chi connectivity index (χ1n) is 30.3. The first kappa shape index (κ1) is 54.1. The van der Waals surface area contributed by atoms with Crippen LogP contribution >= 0.6 is 0 Å². The third-order valence-corrected chi connectivity index (χ3v) is 17.5. The molecule has 8 aromatic carbocycles. The van der Waals surface area contributed by atoms with E-state index >= 15 is 0 Å². The Morgan fingerprint density at radius 1 is 0.393 bits per heavy atom. The van der Waals surface area contributed by atoms with Gasteiger partial charge in [0.25, 0.3) is 0 Å². The van der Waals surface area contributed by atoms with Crippen molar-refractivity contribution in [2.45, 2.75) is 20.3 Å². The number of hydrogen-bond donors (Lipinski definition) is 0. The number of fused-ring (bicyclic) bond motifs is 9. The predicted octanol–water partition coefficient (Wildman–Crippen LogP) is 21.0. The summed E-state index contributed by atoms with van der Waals surface area (Å²) in [5.74, 6) is 0. The highest BCUT2D eigenvalue weighted by Crippen LogP contribution is 2.46. The van der Waals surface area contributed by atoms with Crippen molar-refractivity contribution < 1.29 is 0 Å². The van der Waals surface area contributed by atoms with Crippen LogP contribution in [0.1, 0.15) is 47.5 Å². The first-order chi connectivity index (χ1) is 44.0. The van der Waals surface area contributed by atoms with Crippen molar-refractivity contribution in [1.82, 2.24) is 29.1 Å². The highest BCUT2D eigenvalue weighted by molar-refractivity contribution is 6.15. The third kappa shape index (κ3) is 9.55. The average Bonchev–Trinajstić information content (AvgIpc) is 1.69. The molecule has 0 fully saturated rings. The molecule has 1 aliphatic carbocycles. The van der Waals surface area contributed by atoms with Crippen LogP contribution in [-0.2, 0) is 6.42 Å². The zero-order valence-corrected chi connectivity index (χ0v) is 49.5. The van der Waals surface area contributed by atoms with Gasteiger partial charge in [0, 0.05) is 80.0 Å². The van der Waals surface area contributed by atoms with Gasteiger partial charge < -0.3 is 9.13 Å². The molecule has 0 N–H and O–H groups in total. The zero-order chi connectivity index (χ0) is 60.0. The summed E-state index contributed by atoms with van der Waals surface area (Å²) >= 11 is 0. The minimum Gasteiger partial charge on any atom is -0.309 e. The molecule has 6 heteroatoms. The molecular formula is C83H60N6. The monoisotopic (exact) mass is 1140 g/mol. The summed E-state index contributed by atoms with van der Waals surface area (Å²) in [6.07, 6.45) is 20.6. The predicted molar refractivity (Wildman–Crippen MR) is 373 cm³/mol. The fourth-order valence-electron chi connectivity index (χ4n) is 13.5. The van der Waals surface area contributed by atoms with Crippen molar-refractivity contribution in [3.05, 3.63) is 339 Å². The van der Waals surface area contributed by atoms with Gasteiger partial charge in [-0.1, -0.05) is 159 Å². The molecule has 6 nitrogen and oxygen atoms in total. The topological polar surface area (TPSA) is 61.4 Å². The highest BCUT2D eigenvalue weighted by atomic mass is 15.0. The molecule has 15 rings (SSSR count). The quantitative estimate of drug-likeness (QED) is 0.102. The van der Waals surface area contributed by atoms with Crippen molar-refractivity contribution in [1.29, 1.82) is 0 Å². The maximum atomic E-state index is 4.80. The smallest absolute Gasteiger partial charge is 0.0708 e. The fraction of sp³-hybridized carbons (Fsp3) is 0.0361. The molecule has 0 unspecified atom stereocenters. The number of allylic oxidation sites excluding steroid dienone is 10. The molecule has 0 amide bonds. The molecule has 89 heavy (non-hydrogen) atoms. The van der Waals surface area contributed by atoms with Crippen LogP contribution in [0.5, 0.6) is 0 Å². The van der Waals surface area contributed by atoms with Gasteiger partial charge >= 0.3 is 0 Å². The molecule has 6 heterocycles. The first-order valence-corrected chi connectivity index (χ1v) is 30.3. The van der Waals surface area contributed by atoms with Crippen molar-refractivity contribution in [3.8, 4) is 67.3 Å². The van der Waals surface area contributed by atoms with E-state index in [0.717, 1.165) is 140 Å². The number of rotatable bonds is 14. The van der Waals surface area contributed by atoms with Crippen LogP contribution in [0.25, 0.3) is 133 Å². The summed E-state index contributed by atoms with van der Waals surface area (Å²) in [6.45, 7) is 12.6. The van der Waals surface area contributed by atoms with Crippen LogP contribution in [0.15, 0.2) is 305 Å². The van der Waals surface area contributed by atoms with Crippen LogP contribution in [0.3, 0.4) is 0 Å². The van der Waals surface area contributed by atoms with Gasteiger partial charge in [-0.2, -0.15) is 0 Å². The van der Waals surface area contributed by atoms with Crippen LogP contribution in [-0.4, -0.2) is 29.1 Å². The average molecular weight is 1140 g/mol. The van der Waals surface area contributed by atoms with Gasteiger partial charge in [-0.3, -0.25) is 19.9 Å². The van der Waals surface area contributed by atoms with E-state index in [4.69, 9.17) is 19.9 Å². The Balaban J connectivity index is 0.902. The summed E-state index contributed by atoms with van der Waals surface area (Å²) in [5, 5.41) is 4.60. The van der Waals surface area contributed by atoms with E-state index in [2.05, 4.69) is 249 Å². The maximum absolute atomic E-state index is 4.80. The normalized spacial score (nSPS) is 12.7. The lowest BCUT2D eigenvalue weighted by atomic mass is 9.92. The van der Waals surface area contributed by atoms with Crippen molar-refractivity contribution >= 4 is 65.9 Å². The molecule has 0 saturated heterocycles. The Labute approximate surface area is 518 Å². The third-order valence-electron chi connectivity index (χ3n) is 17.5. The largest absolute Gasteiger partial charge is 0.309 e. The van der Waals surface area contributed by atoms with Gasteiger partial charge in [0.05, 0.1) is 44.8 Å². The molecular weight excluding hydrogens is 1080 g/mol. The van der Waals surface area contributed by atoms with E-state index < -0.39 is 0 Å². The van der Waals surface area contributed by atoms with Crippen LogP contribution in [0.4, 0.5) is 0 Å². The summed E-state index contributed by atoms with van der Waals surface area (Å²) in [6, 6.07) is 83.3. The lowest BCUT2D eigenvalue weighted by Gasteiger charge is -2.14. The van der Waals surface area contributed by atoms with E-state index in [0.29, 0.717) is 0 Å². The van der Waals surface area contributed by atoms with Crippen LogP contribution in [0.2, 0.25) is 0 Å². The van der Waals surface area contributed by atoms with Crippen molar-refractivity contribution in [3.63, 3.8) is 0 Å². The standard InChI is InChI=1S/C83H60N6/c1-5-21-64(62(7-3)76-27-13-17-43-84-76)56-33-39-80-72(48-56)73-49-57(65(22-6-2)63(8-4)77-28-14-18-44-85-77)34-40-81(73)88(80)60-37-31-54-47-55-32-38-61(53-71(55)70(54)52-60)89-82-41-35-58(66-23-9-11-25-68(66)78-29-15-19-45-86-78)50-74(82)75-51-59(36-42-83(75)89)67-24-10-12-26-69(67)79-30-16-20-46-87-79/h5-46,48-53H,1,4,47H2,2-3H3/b22-6-,62-7+,64-21-,65-63-. The minimum absolute atomic E-state index is 0.848. The Bertz CT molecular complexity index is 5110. The molecule has 0 radical (unpaired) electrons. The number of aromatic nitrogens is 6. The van der Waals surface area contributed by atoms with E-state index in [9.17, 15) is 0 Å². The van der Waals surface area contributed by atoms with E-state index in [1.807, 2.05) is 79.4 Å². The molecule has 14 aromatic rings. The summed E-state index contributed by atoms with van der Waals surface area (Å²) in [4.78, 5) is 19.2. The lowest BCUT2D eigenvalue weighted by molar-refractivity contribution is 1.17. The molecule has 422 valence electrons. The van der Waals surface area contributed by atoms with E-state index in [1.165, 1.54) is 33.0 Å². The highest BCUT2D eigenvalue weighted by Gasteiger charge is 2.25. The molecule has 0 spiro atoms. The minimum atomic E-state index is 0.848. The van der Waals surface area contributed by atoms with Gasteiger partial charge in [0.15, 0.2) is 0 Å². The van der Waals surface area contributed by atoms with E-state index in [1.54, 1.807) is 0 Å². The van der Waals surface area contributed by atoms with Gasteiger partial charge in [0.2, 0.25) is 0 Å². The van der Waals surface area contributed by atoms with Crippen molar-refractivity contribution in [2.75, 3.05) is 0 Å². The summed E-state index contributed by atoms with van der Waals surface area (Å²) < 4.78 is 4.90. The number of nitrogens with zero attached hydrogens (tertiary/aromatic N) is 6. The lowest BCUT2D eigenvalue weighted by Crippen LogP contribution is -1.97. The van der Waals surface area contributed by atoms with Gasteiger partial charge in [-0.05, 0) is 208 Å². The Morgan fingerprint density at radius 3 is 1.33 bits per heavy atom. The Kier molecular flexibility index (Phi) is 14.0. The summed E-state index contributed by atoms with van der Waals surface area (Å²) in [7, 11) is 0. The molecule has 0 bridgehead atoms. The molecule has 0 aliphatic heterocycles. The molecule has 0 saturated carbocycles. The Morgan fingerprint density at radius 2 is 0.854 bits per heavy atom. The fourth-order valence-corrected chi connectivity index (χ4v) is 13.5. The molecule has 1 aliphatic rings. The van der Waals surface area contributed by atoms with Gasteiger partial charge in [0.1, 0.15) is 0 Å². The van der Waals surface area contributed by atoms with Crippen LogP contribution < -0.4 is 0 Å². The van der Waals surface area contributed by atoms with Crippen molar-refractivity contribution in [2.24, 2.45) is 0 Å². The second-order valence-electron chi connectivity index (χ2n) is 22.5. The SMILES string of the molecule is C=C/C=C(\C(=C/C)c1ccccn1)c1ccc2c(c1)c1cc(C(/C=C\C)=C(/C=C)c3ccccn3)ccc1n2-c1ccc2c(c1)-c1cc(-n3c4ccc(-c5ccccc5-c5ccccn5)cc4c4cc(-c5ccccc5-c5ccccn5)ccc43)ccc1C2. The molecule has 6 aromatic heterocycles.